The van der Waals surface area contributed by atoms with Gasteiger partial charge in [0.25, 0.3) is 0 Å². The summed E-state index contributed by atoms with van der Waals surface area (Å²) in [7, 11) is 0. The largest absolute Gasteiger partial charge is 0.0620 e. The summed E-state index contributed by atoms with van der Waals surface area (Å²) in [6.07, 6.45) is 0. The first kappa shape index (κ1) is 28.9. The number of aryl methyl sites for hydroxylation is 1. The second-order valence-electron chi connectivity index (χ2n) is 13.0. The van der Waals surface area contributed by atoms with Crippen LogP contribution in [0.25, 0.3) is 88.0 Å². The predicted molar refractivity (Wildman–Crippen MR) is 211 cm³/mol. The first-order valence-electron chi connectivity index (χ1n) is 17.0. The molecule has 0 saturated heterocycles. The Morgan fingerprint density at radius 3 is 1.29 bits per heavy atom. The smallest absolute Gasteiger partial charge is 0.00237 e. The first-order chi connectivity index (χ1) is 24.2. The van der Waals surface area contributed by atoms with Crippen molar-refractivity contribution in [3.05, 3.63) is 194 Å². The highest BCUT2D eigenvalue weighted by Gasteiger charge is 2.17. The van der Waals surface area contributed by atoms with E-state index in [1.54, 1.807) is 0 Å². The van der Waals surface area contributed by atoms with Gasteiger partial charge in [-0.3, -0.25) is 0 Å². The minimum Gasteiger partial charge on any atom is -0.0620 e. The van der Waals surface area contributed by atoms with Gasteiger partial charge in [-0.25, -0.2) is 0 Å². The molecule has 0 amide bonds. The van der Waals surface area contributed by atoms with Gasteiger partial charge in [0, 0.05) is 0 Å². The average molecular weight is 623 g/mol. The molecule has 0 heteroatoms. The van der Waals surface area contributed by atoms with E-state index in [2.05, 4.69) is 195 Å². The van der Waals surface area contributed by atoms with E-state index >= 15 is 0 Å². The number of rotatable bonds is 5. The average Bonchev–Trinajstić information content (AvgIpc) is 3.17. The molecule has 9 aromatic carbocycles. The maximum atomic E-state index is 2.36. The molecule has 0 aliphatic heterocycles. The van der Waals surface area contributed by atoms with Crippen molar-refractivity contribution >= 4 is 32.3 Å². The highest BCUT2D eigenvalue weighted by atomic mass is 14.2. The van der Waals surface area contributed by atoms with E-state index in [1.807, 2.05) is 0 Å². The zero-order chi connectivity index (χ0) is 32.7. The number of hydrogen-bond acceptors (Lipinski definition) is 0. The fourth-order valence-electron chi connectivity index (χ4n) is 7.52. The Hall–Kier alpha value is -6.24. The van der Waals surface area contributed by atoms with Crippen LogP contribution in [0.15, 0.2) is 188 Å². The highest BCUT2D eigenvalue weighted by Crippen LogP contribution is 2.45. The van der Waals surface area contributed by atoms with Crippen LogP contribution in [0.5, 0.6) is 0 Å². The zero-order valence-electron chi connectivity index (χ0n) is 27.4. The molecule has 0 saturated carbocycles. The molecule has 0 aliphatic rings. The Morgan fingerprint density at radius 2 is 0.694 bits per heavy atom. The van der Waals surface area contributed by atoms with Crippen molar-refractivity contribution in [1.29, 1.82) is 0 Å². The minimum absolute atomic E-state index is 1.21. The summed E-state index contributed by atoms with van der Waals surface area (Å²) >= 11 is 0. The zero-order valence-corrected chi connectivity index (χ0v) is 27.4. The van der Waals surface area contributed by atoms with E-state index in [-0.39, 0.29) is 0 Å². The summed E-state index contributed by atoms with van der Waals surface area (Å²) in [4.78, 5) is 0. The molecule has 0 heterocycles. The molecule has 9 rings (SSSR count). The molecule has 0 bridgehead atoms. The molecule has 0 unspecified atom stereocenters. The van der Waals surface area contributed by atoms with Gasteiger partial charge in [-0.15, -0.1) is 0 Å². The van der Waals surface area contributed by atoms with Crippen LogP contribution in [-0.2, 0) is 0 Å². The SMILES string of the molecule is Cc1ccccc1-c1c2ccccc2c(-c2cccc(-c3ccc(-c4ccc(-c5ccc6ccccc6c5)cc4)cc3)c2)c2ccccc12. The van der Waals surface area contributed by atoms with E-state index in [0.717, 1.165) is 0 Å². The molecule has 0 aromatic heterocycles. The maximum absolute atomic E-state index is 2.36. The molecule has 49 heavy (non-hydrogen) atoms. The van der Waals surface area contributed by atoms with Crippen molar-refractivity contribution in [3.63, 3.8) is 0 Å². The Morgan fingerprint density at radius 1 is 0.265 bits per heavy atom. The van der Waals surface area contributed by atoms with E-state index in [9.17, 15) is 0 Å². The van der Waals surface area contributed by atoms with Gasteiger partial charge in [-0.2, -0.15) is 0 Å². The standard InChI is InChI=1S/C49H34/c1-33-11-2-5-16-43(33)49-46-19-8-6-17-44(46)48(45-18-7-9-20-47(45)49)42-15-10-14-40(32-42)37-25-21-35(22-26-37)36-23-27-38(28-24-36)41-30-29-34-12-3-4-13-39(34)31-41/h2-32H,1H3. The molecule has 230 valence electrons. The van der Waals surface area contributed by atoms with Gasteiger partial charge in [0.2, 0.25) is 0 Å². The molecular formula is C49H34. The molecule has 9 aromatic rings. The van der Waals surface area contributed by atoms with Crippen LogP contribution in [0.1, 0.15) is 5.56 Å². The van der Waals surface area contributed by atoms with Crippen molar-refractivity contribution in [2.24, 2.45) is 0 Å². The van der Waals surface area contributed by atoms with Crippen molar-refractivity contribution in [3.8, 4) is 55.6 Å². The number of benzene rings is 9. The predicted octanol–water partition coefficient (Wildman–Crippen LogP) is 13.8. The second-order valence-corrected chi connectivity index (χ2v) is 13.0. The monoisotopic (exact) mass is 622 g/mol. The van der Waals surface area contributed by atoms with Gasteiger partial charge in [0.05, 0.1) is 0 Å². The third-order valence-corrected chi connectivity index (χ3v) is 10.0. The van der Waals surface area contributed by atoms with E-state index < -0.39 is 0 Å². The van der Waals surface area contributed by atoms with Gasteiger partial charge in [0.1, 0.15) is 0 Å². The van der Waals surface area contributed by atoms with Gasteiger partial charge >= 0.3 is 0 Å². The van der Waals surface area contributed by atoms with E-state index in [0.29, 0.717) is 0 Å². The van der Waals surface area contributed by atoms with Crippen molar-refractivity contribution < 1.29 is 0 Å². The quantitative estimate of drug-likeness (QED) is 0.168. The highest BCUT2D eigenvalue weighted by molar-refractivity contribution is 6.21. The van der Waals surface area contributed by atoms with E-state index in [4.69, 9.17) is 0 Å². The Bertz CT molecular complexity index is 2580. The van der Waals surface area contributed by atoms with Crippen LogP contribution in [0, 0.1) is 6.92 Å². The Balaban J connectivity index is 1.08. The molecule has 0 nitrogen and oxygen atoms in total. The van der Waals surface area contributed by atoms with Gasteiger partial charge in [0.15, 0.2) is 0 Å². The van der Waals surface area contributed by atoms with E-state index in [1.165, 1.54) is 93.5 Å². The van der Waals surface area contributed by atoms with Crippen LogP contribution < -0.4 is 0 Å². The Labute approximate surface area is 287 Å². The second kappa shape index (κ2) is 12.1. The summed E-state index contributed by atoms with van der Waals surface area (Å²) < 4.78 is 0. The third kappa shape index (κ3) is 5.19. The van der Waals surface area contributed by atoms with Crippen LogP contribution >= 0.6 is 0 Å². The molecule has 0 atom stereocenters. The van der Waals surface area contributed by atoms with Gasteiger partial charge in [-0.05, 0) is 113 Å². The van der Waals surface area contributed by atoms with Crippen molar-refractivity contribution in [2.45, 2.75) is 6.92 Å². The fourth-order valence-corrected chi connectivity index (χ4v) is 7.52. The maximum Gasteiger partial charge on any atom is -0.00237 e. The lowest BCUT2D eigenvalue weighted by atomic mass is 9.84. The number of hydrogen-bond donors (Lipinski definition) is 0. The third-order valence-electron chi connectivity index (χ3n) is 10.0. The van der Waals surface area contributed by atoms with Gasteiger partial charge < -0.3 is 0 Å². The lowest BCUT2D eigenvalue weighted by Crippen LogP contribution is -1.92. The summed E-state index contributed by atoms with van der Waals surface area (Å²) in [5, 5.41) is 7.66. The Kier molecular flexibility index (Phi) is 7.14. The van der Waals surface area contributed by atoms with Crippen LogP contribution in [-0.4, -0.2) is 0 Å². The summed E-state index contributed by atoms with van der Waals surface area (Å²) in [6, 6.07) is 68.7. The topological polar surface area (TPSA) is 0 Å². The first-order valence-corrected chi connectivity index (χ1v) is 17.0. The molecule has 0 N–H and O–H groups in total. The summed E-state index contributed by atoms with van der Waals surface area (Å²) in [5.74, 6) is 0. The fraction of sp³-hybridized carbons (Fsp3) is 0.0204. The number of fused-ring (bicyclic) bond motifs is 3. The van der Waals surface area contributed by atoms with Crippen molar-refractivity contribution in [1.82, 2.24) is 0 Å². The molecule has 0 aliphatic carbocycles. The normalized spacial score (nSPS) is 11.4. The lowest BCUT2D eigenvalue weighted by Gasteiger charge is -2.19. The summed E-state index contributed by atoms with van der Waals surface area (Å²) in [5.41, 5.74) is 13.7. The molecule has 0 fully saturated rings. The molecule has 0 radical (unpaired) electrons. The molecular weight excluding hydrogens is 589 g/mol. The van der Waals surface area contributed by atoms with Gasteiger partial charge in [-0.1, -0.05) is 176 Å². The lowest BCUT2D eigenvalue weighted by molar-refractivity contribution is 1.47. The van der Waals surface area contributed by atoms with Crippen LogP contribution in [0.3, 0.4) is 0 Å². The van der Waals surface area contributed by atoms with Crippen LogP contribution in [0.4, 0.5) is 0 Å². The summed E-state index contributed by atoms with van der Waals surface area (Å²) in [6.45, 7) is 2.21. The molecule has 0 spiro atoms. The van der Waals surface area contributed by atoms with Crippen LogP contribution in [0.2, 0.25) is 0 Å². The minimum atomic E-state index is 1.21. The van der Waals surface area contributed by atoms with Crippen molar-refractivity contribution in [2.75, 3.05) is 0 Å².